The minimum absolute atomic E-state index is 0.217. The molecule has 0 nitrogen and oxygen atoms in total. The molecule has 0 radical (unpaired) electrons. The van der Waals surface area contributed by atoms with Crippen molar-refractivity contribution in [1.29, 1.82) is 0 Å². The third-order valence-electron chi connectivity index (χ3n) is 3.53. The molecule has 17 heavy (non-hydrogen) atoms. The van der Waals surface area contributed by atoms with Crippen LogP contribution < -0.4 is 0 Å². The van der Waals surface area contributed by atoms with Gasteiger partial charge < -0.3 is 0 Å². The van der Waals surface area contributed by atoms with Gasteiger partial charge in [-0.1, -0.05) is 66.2 Å². The van der Waals surface area contributed by atoms with E-state index in [1.54, 1.807) is 0 Å². The molecule has 90 valence electrons. The third kappa shape index (κ3) is 2.40. The van der Waals surface area contributed by atoms with Crippen LogP contribution in [0.25, 0.3) is 10.8 Å². The first kappa shape index (κ1) is 12.6. The van der Waals surface area contributed by atoms with Crippen LogP contribution in [0.4, 0.5) is 0 Å². The standard InChI is InChI=1S/C16H19Br/c1-12-8-9-13-6-4-5-7-14(13)15(12)16(2,3)10-11-17/h4-9H,10-11H2,1-3H3. The van der Waals surface area contributed by atoms with Gasteiger partial charge in [-0.25, -0.2) is 0 Å². The summed E-state index contributed by atoms with van der Waals surface area (Å²) in [5.74, 6) is 0. The number of benzene rings is 2. The molecule has 0 saturated heterocycles. The molecular formula is C16H19Br. The van der Waals surface area contributed by atoms with E-state index in [1.807, 2.05) is 0 Å². The summed E-state index contributed by atoms with van der Waals surface area (Å²) in [4.78, 5) is 0. The van der Waals surface area contributed by atoms with E-state index in [9.17, 15) is 0 Å². The summed E-state index contributed by atoms with van der Waals surface area (Å²) in [6, 6.07) is 13.1. The first-order valence-corrected chi connectivity index (χ1v) is 7.23. The zero-order valence-electron chi connectivity index (χ0n) is 10.8. The fourth-order valence-corrected chi connectivity index (χ4v) is 3.63. The summed E-state index contributed by atoms with van der Waals surface area (Å²) in [6.07, 6.45) is 1.15. The van der Waals surface area contributed by atoms with Gasteiger partial charge in [0.1, 0.15) is 0 Å². The molecule has 0 atom stereocenters. The van der Waals surface area contributed by atoms with Crippen molar-refractivity contribution >= 4 is 26.7 Å². The van der Waals surface area contributed by atoms with Gasteiger partial charge >= 0.3 is 0 Å². The van der Waals surface area contributed by atoms with Gasteiger partial charge in [0.2, 0.25) is 0 Å². The molecule has 0 N–H and O–H groups in total. The second-order valence-corrected chi connectivity index (χ2v) is 6.09. The van der Waals surface area contributed by atoms with Crippen LogP contribution in [-0.2, 0) is 5.41 Å². The van der Waals surface area contributed by atoms with Crippen LogP contribution >= 0.6 is 15.9 Å². The predicted molar refractivity (Wildman–Crippen MR) is 80.1 cm³/mol. The first-order chi connectivity index (χ1) is 8.06. The number of hydrogen-bond acceptors (Lipinski definition) is 0. The van der Waals surface area contributed by atoms with Crippen molar-refractivity contribution in [2.75, 3.05) is 5.33 Å². The van der Waals surface area contributed by atoms with E-state index < -0.39 is 0 Å². The molecule has 0 aliphatic rings. The second kappa shape index (κ2) is 4.81. The average Bonchev–Trinajstić information content (AvgIpc) is 2.28. The highest BCUT2D eigenvalue weighted by molar-refractivity contribution is 9.09. The van der Waals surface area contributed by atoms with Crippen molar-refractivity contribution in [2.45, 2.75) is 32.6 Å². The SMILES string of the molecule is Cc1ccc2ccccc2c1C(C)(C)CCBr. The minimum atomic E-state index is 0.217. The van der Waals surface area contributed by atoms with Gasteiger partial charge in [-0.05, 0) is 40.7 Å². The molecule has 0 aliphatic heterocycles. The van der Waals surface area contributed by atoms with Gasteiger partial charge in [0.15, 0.2) is 0 Å². The summed E-state index contributed by atoms with van der Waals surface area (Å²) in [5.41, 5.74) is 3.11. The lowest BCUT2D eigenvalue weighted by atomic mass is 9.77. The quantitative estimate of drug-likeness (QED) is 0.681. The molecular weight excluding hydrogens is 272 g/mol. The number of hydrogen-bond donors (Lipinski definition) is 0. The number of alkyl halides is 1. The van der Waals surface area contributed by atoms with Gasteiger partial charge in [0.05, 0.1) is 0 Å². The number of halogens is 1. The Labute approximate surface area is 112 Å². The first-order valence-electron chi connectivity index (χ1n) is 6.11. The Balaban J connectivity index is 2.70. The van der Waals surface area contributed by atoms with Gasteiger partial charge in [-0.15, -0.1) is 0 Å². The van der Waals surface area contributed by atoms with Crippen LogP contribution in [0.3, 0.4) is 0 Å². The maximum Gasteiger partial charge on any atom is 0.00395 e. The molecule has 0 saturated carbocycles. The van der Waals surface area contributed by atoms with Crippen molar-refractivity contribution in [2.24, 2.45) is 0 Å². The van der Waals surface area contributed by atoms with Crippen molar-refractivity contribution in [1.82, 2.24) is 0 Å². The third-order valence-corrected chi connectivity index (χ3v) is 3.93. The van der Waals surface area contributed by atoms with E-state index in [4.69, 9.17) is 0 Å². The number of fused-ring (bicyclic) bond motifs is 1. The van der Waals surface area contributed by atoms with Gasteiger partial charge in [-0.3, -0.25) is 0 Å². The highest BCUT2D eigenvalue weighted by atomic mass is 79.9. The maximum atomic E-state index is 3.57. The Kier molecular flexibility index (Phi) is 3.58. The van der Waals surface area contributed by atoms with Crippen LogP contribution in [-0.4, -0.2) is 5.33 Å². The summed E-state index contributed by atoms with van der Waals surface area (Å²) in [5, 5.41) is 3.79. The normalized spacial score (nSPS) is 12.0. The fourth-order valence-electron chi connectivity index (χ4n) is 2.64. The van der Waals surface area contributed by atoms with E-state index in [-0.39, 0.29) is 5.41 Å². The Hall–Kier alpha value is -0.820. The maximum absolute atomic E-state index is 3.57. The number of rotatable bonds is 3. The van der Waals surface area contributed by atoms with Crippen LogP contribution in [0, 0.1) is 6.92 Å². The summed E-state index contributed by atoms with van der Waals surface area (Å²) >= 11 is 3.57. The molecule has 1 heteroatoms. The largest absolute Gasteiger partial charge is 0.0928 e. The summed E-state index contributed by atoms with van der Waals surface area (Å²) in [6.45, 7) is 6.89. The highest BCUT2D eigenvalue weighted by Crippen LogP contribution is 2.35. The topological polar surface area (TPSA) is 0 Å². The lowest BCUT2D eigenvalue weighted by molar-refractivity contribution is 0.514. The molecule has 2 aromatic carbocycles. The second-order valence-electron chi connectivity index (χ2n) is 5.30. The van der Waals surface area contributed by atoms with E-state index in [0.29, 0.717) is 0 Å². The van der Waals surface area contributed by atoms with Gasteiger partial charge in [0.25, 0.3) is 0 Å². The molecule has 0 unspecified atom stereocenters. The lowest BCUT2D eigenvalue weighted by Crippen LogP contribution is -2.19. The predicted octanol–water partition coefficient (Wildman–Crippen LogP) is 5.21. The van der Waals surface area contributed by atoms with Crippen LogP contribution in [0.2, 0.25) is 0 Å². The molecule has 0 fully saturated rings. The molecule has 0 aromatic heterocycles. The van der Waals surface area contributed by atoms with Gasteiger partial charge in [0, 0.05) is 5.33 Å². The number of aryl methyl sites for hydroxylation is 1. The van der Waals surface area contributed by atoms with Crippen molar-refractivity contribution in [3.05, 3.63) is 47.5 Å². The smallest absolute Gasteiger partial charge is 0.00395 e. The zero-order chi connectivity index (χ0) is 12.5. The summed E-state index contributed by atoms with van der Waals surface area (Å²) < 4.78 is 0. The van der Waals surface area contributed by atoms with E-state index in [0.717, 1.165) is 11.8 Å². The molecule has 0 amide bonds. The monoisotopic (exact) mass is 290 g/mol. The van der Waals surface area contributed by atoms with Crippen molar-refractivity contribution in [3.8, 4) is 0 Å². The van der Waals surface area contributed by atoms with Crippen LogP contribution in [0.5, 0.6) is 0 Å². The minimum Gasteiger partial charge on any atom is -0.0928 e. The average molecular weight is 291 g/mol. The Morgan fingerprint density at radius 1 is 1.06 bits per heavy atom. The highest BCUT2D eigenvalue weighted by Gasteiger charge is 2.23. The Bertz CT molecular complexity index is 526. The Morgan fingerprint density at radius 2 is 1.76 bits per heavy atom. The lowest BCUT2D eigenvalue weighted by Gasteiger charge is -2.28. The molecule has 0 heterocycles. The zero-order valence-corrected chi connectivity index (χ0v) is 12.3. The summed E-state index contributed by atoms with van der Waals surface area (Å²) in [7, 11) is 0. The van der Waals surface area contributed by atoms with Crippen molar-refractivity contribution < 1.29 is 0 Å². The van der Waals surface area contributed by atoms with Crippen LogP contribution in [0.15, 0.2) is 36.4 Å². The molecule has 2 rings (SSSR count). The Morgan fingerprint density at radius 3 is 2.47 bits per heavy atom. The van der Waals surface area contributed by atoms with E-state index in [2.05, 4.69) is 73.1 Å². The van der Waals surface area contributed by atoms with Crippen LogP contribution in [0.1, 0.15) is 31.4 Å². The molecule has 2 aromatic rings. The van der Waals surface area contributed by atoms with Crippen molar-refractivity contribution in [3.63, 3.8) is 0 Å². The molecule has 0 aliphatic carbocycles. The van der Waals surface area contributed by atoms with E-state index >= 15 is 0 Å². The molecule has 0 bridgehead atoms. The van der Waals surface area contributed by atoms with Gasteiger partial charge in [-0.2, -0.15) is 0 Å². The fraction of sp³-hybridized carbons (Fsp3) is 0.375. The van der Waals surface area contributed by atoms with E-state index in [1.165, 1.54) is 21.9 Å². The molecule has 0 spiro atoms.